The van der Waals surface area contributed by atoms with Crippen molar-refractivity contribution in [1.82, 2.24) is 9.97 Å². The van der Waals surface area contributed by atoms with Crippen LogP contribution in [0.25, 0.3) is 0 Å². The highest BCUT2D eigenvalue weighted by atomic mass is 16.3. The Labute approximate surface area is 178 Å². The molecule has 3 aromatic heterocycles. The van der Waals surface area contributed by atoms with Gasteiger partial charge in [-0.05, 0) is 12.1 Å². The fraction of sp³-hybridized carbons (Fsp3) is 0.583. The van der Waals surface area contributed by atoms with Crippen molar-refractivity contribution < 1.29 is 13.3 Å². The Morgan fingerprint density at radius 2 is 1.34 bits per heavy atom. The van der Waals surface area contributed by atoms with Crippen molar-refractivity contribution in [2.24, 2.45) is 0 Å². The van der Waals surface area contributed by atoms with Crippen molar-refractivity contribution in [1.29, 1.82) is 0 Å². The second-order valence-electron chi connectivity index (χ2n) is 9.44. The van der Waals surface area contributed by atoms with Gasteiger partial charge in [-0.2, -0.15) is 0 Å². The fourth-order valence-electron chi connectivity index (χ4n) is 1.88. The summed E-state index contributed by atoms with van der Waals surface area (Å²) in [5.41, 5.74) is 1.32. The van der Waals surface area contributed by atoms with Gasteiger partial charge in [0, 0.05) is 16.2 Å². The molecule has 3 heterocycles. The minimum absolute atomic E-state index is 0. The molecule has 0 spiro atoms. The molecule has 0 fully saturated rings. The summed E-state index contributed by atoms with van der Waals surface area (Å²) in [6.07, 6.45) is 8.11. The monoisotopic (exact) mass is 406 g/mol. The summed E-state index contributed by atoms with van der Waals surface area (Å²) in [4.78, 5) is 8.04. The third-order valence-corrected chi connectivity index (χ3v) is 3.54. The summed E-state index contributed by atoms with van der Waals surface area (Å²) in [5, 5.41) is 0. The molecular formula is C24H42N2O3. The van der Waals surface area contributed by atoms with Crippen LogP contribution in [0.5, 0.6) is 0 Å². The first-order chi connectivity index (χ1) is 12.3. The van der Waals surface area contributed by atoms with E-state index in [1.54, 1.807) is 25.0 Å². The molecule has 0 radical (unpaired) electrons. The van der Waals surface area contributed by atoms with E-state index in [-0.39, 0.29) is 31.1 Å². The van der Waals surface area contributed by atoms with E-state index >= 15 is 0 Å². The van der Waals surface area contributed by atoms with Crippen LogP contribution in [0.3, 0.4) is 0 Å². The van der Waals surface area contributed by atoms with Crippen LogP contribution < -0.4 is 0 Å². The standard InChI is InChI=1S/C8H12O.2C7H11NO.2CH4/c1-8(2,3)7-5-4-6-9-7;1-7(2,3)6-4-9-5-8-6;1-7(2,3)6-8-4-5-9-6;;/h4-6H,1-3H3;2*4-5H,1-3H3;2*1H4. The van der Waals surface area contributed by atoms with Crippen LogP contribution in [0.15, 0.2) is 56.8 Å². The zero-order valence-corrected chi connectivity index (χ0v) is 18.2. The Balaban J connectivity index is 0. The number of hydrogen-bond donors (Lipinski definition) is 0. The van der Waals surface area contributed by atoms with Gasteiger partial charge < -0.3 is 13.3 Å². The Bertz CT molecular complexity index is 617. The Hall–Kier alpha value is -2.30. The lowest BCUT2D eigenvalue weighted by Gasteiger charge is -2.13. The smallest absolute Gasteiger partial charge is 0.199 e. The molecule has 0 aromatic carbocycles. The second kappa shape index (κ2) is 11.6. The SMILES string of the molecule is C.C.CC(C)(C)c1ccco1.CC(C)(C)c1cocn1.CC(C)(C)c1ncco1. The number of nitrogens with zero attached hydrogens (tertiary/aromatic N) is 2. The minimum Gasteiger partial charge on any atom is -0.469 e. The maximum Gasteiger partial charge on any atom is 0.199 e. The topological polar surface area (TPSA) is 65.2 Å². The largest absolute Gasteiger partial charge is 0.469 e. The lowest BCUT2D eigenvalue weighted by atomic mass is 9.93. The molecule has 0 amide bonds. The molecule has 3 rings (SSSR count). The van der Waals surface area contributed by atoms with Crippen molar-refractivity contribution in [3.63, 3.8) is 0 Å². The van der Waals surface area contributed by atoms with Gasteiger partial charge in [-0.15, -0.1) is 0 Å². The zero-order chi connectivity index (χ0) is 20.7. The fourth-order valence-corrected chi connectivity index (χ4v) is 1.88. The number of oxazole rings is 2. The van der Waals surface area contributed by atoms with Crippen LogP contribution in [0.2, 0.25) is 0 Å². The highest BCUT2D eigenvalue weighted by Crippen LogP contribution is 2.21. The van der Waals surface area contributed by atoms with E-state index < -0.39 is 0 Å². The minimum atomic E-state index is 0. The van der Waals surface area contributed by atoms with Crippen LogP contribution in [-0.2, 0) is 16.2 Å². The highest BCUT2D eigenvalue weighted by molar-refractivity contribution is 5.08. The second-order valence-corrected chi connectivity index (χ2v) is 9.44. The number of aromatic nitrogens is 2. The van der Waals surface area contributed by atoms with Crippen molar-refractivity contribution in [2.75, 3.05) is 0 Å². The van der Waals surface area contributed by atoms with Crippen molar-refractivity contribution in [3.05, 3.63) is 60.9 Å². The predicted molar refractivity (Wildman–Crippen MR) is 121 cm³/mol. The molecule has 0 saturated heterocycles. The van der Waals surface area contributed by atoms with E-state index in [0.29, 0.717) is 0 Å². The number of rotatable bonds is 0. The number of hydrogen-bond acceptors (Lipinski definition) is 5. The molecule has 0 aliphatic carbocycles. The molecule has 0 aliphatic heterocycles. The summed E-state index contributed by atoms with van der Waals surface area (Å²) in [6.45, 7) is 18.9. The quantitative estimate of drug-likeness (QED) is 0.381. The van der Waals surface area contributed by atoms with Crippen LogP contribution in [0.1, 0.15) is 94.5 Å². The highest BCUT2D eigenvalue weighted by Gasteiger charge is 2.18. The number of furan rings is 1. The molecule has 166 valence electrons. The van der Waals surface area contributed by atoms with Crippen LogP contribution in [0, 0.1) is 0 Å². The van der Waals surface area contributed by atoms with E-state index in [0.717, 1.165) is 17.3 Å². The predicted octanol–water partition coefficient (Wildman–Crippen LogP) is 7.79. The van der Waals surface area contributed by atoms with Gasteiger partial charge in [0.25, 0.3) is 0 Å². The molecule has 0 saturated carbocycles. The Kier molecular flexibility index (Phi) is 11.6. The van der Waals surface area contributed by atoms with E-state index in [1.165, 1.54) is 6.39 Å². The molecule has 29 heavy (non-hydrogen) atoms. The summed E-state index contributed by atoms with van der Waals surface area (Å²) in [5.74, 6) is 1.84. The van der Waals surface area contributed by atoms with Crippen LogP contribution in [0.4, 0.5) is 0 Å². The first kappa shape index (κ1) is 28.9. The third kappa shape index (κ3) is 10.7. The Morgan fingerprint density at radius 1 is 0.724 bits per heavy atom. The van der Waals surface area contributed by atoms with E-state index in [4.69, 9.17) is 13.3 Å². The first-order valence-corrected chi connectivity index (χ1v) is 9.14. The molecule has 5 nitrogen and oxygen atoms in total. The van der Waals surface area contributed by atoms with E-state index in [1.807, 2.05) is 12.1 Å². The molecule has 0 unspecified atom stereocenters. The molecule has 0 N–H and O–H groups in total. The van der Waals surface area contributed by atoms with Gasteiger partial charge >= 0.3 is 0 Å². The van der Waals surface area contributed by atoms with Crippen molar-refractivity contribution in [2.45, 2.75) is 93.4 Å². The maximum atomic E-state index is 5.20. The van der Waals surface area contributed by atoms with Gasteiger partial charge in [0.1, 0.15) is 18.3 Å². The van der Waals surface area contributed by atoms with Crippen molar-refractivity contribution in [3.8, 4) is 0 Å². The average Bonchev–Trinajstić information content (AvgIpc) is 3.28. The average molecular weight is 407 g/mol. The molecule has 5 heteroatoms. The molecule has 0 aliphatic rings. The van der Waals surface area contributed by atoms with E-state index in [9.17, 15) is 0 Å². The van der Waals surface area contributed by atoms with Gasteiger partial charge in [-0.3, -0.25) is 0 Å². The van der Waals surface area contributed by atoms with Crippen molar-refractivity contribution >= 4 is 0 Å². The zero-order valence-electron chi connectivity index (χ0n) is 18.2. The summed E-state index contributed by atoms with van der Waals surface area (Å²) >= 11 is 0. The third-order valence-electron chi connectivity index (χ3n) is 3.54. The van der Waals surface area contributed by atoms with Gasteiger partial charge in [0.2, 0.25) is 0 Å². The molecular weight excluding hydrogens is 364 g/mol. The molecule has 3 aromatic rings. The lowest BCUT2D eigenvalue weighted by molar-refractivity contribution is 0.392. The summed E-state index contributed by atoms with van der Waals surface area (Å²) in [7, 11) is 0. The van der Waals surface area contributed by atoms with Gasteiger partial charge in [0.05, 0.1) is 18.2 Å². The normalized spacial score (nSPS) is 11.1. The van der Waals surface area contributed by atoms with E-state index in [2.05, 4.69) is 72.3 Å². The van der Waals surface area contributed by atoms with Crippen LogP contribution in [-0.4, -0.2) is 9.97 Å². The maximum absolute atomic E-state index is 5.20. The van der Waals surface area contributed by atoms with Gasteiger partial charge in [-0.25, -0.2) is 9.97 Å². The molecule has 0 bridgehead atoms. The summed E-state index contributed by atoms with van der Waals surface area (Å²) < 4.78 is 15.1. The first-order valence-electron chi connectivity index (χ1n) is 9.14. The molecule has 0 atom stereocenters. The van der Waals surface area contributed by atoms with Gasteiger partial charge in [-0.1, -0.05) is 77.2 Å². The van der Waals surface area contributed by atoms with Gasteiger partial charge in [0.15, 0.2) is 12.3 Å². The van der Waals surface area contributed by atoms with Crippen LogP contribution >= 0.6 is 0 Å². The summed E-state index contributed by atoms with van der Waals surface area (Å²) in [6, 6.07) is 3.92. The lowest BCUT2D eigenvalue weighted by Crippen LogP contribution is -2.10. The Morgan fingerprint density at radius 3 is 1.55 bits per heavy atom.